The van der Waals surface area contributed by atoms with Crippen molar-refractivity contribution in [2.45, 2.75) is 0 Å². The number of aromatic nitrogens is 2. The van der Waals surface area contributed by atoms with E-state index in [0.717, 1.165) is 26.0 Å². The Balaban J connectivity index is 2.31. The van der Waals surface area contributed by atoms with Gasteiger partial charge < -0.3 is 9.67 Å². The molecule has 0 saturated carbocycles. The minimum atomic E-state index is 0.258. The van der Waals surface area contributed by atoms with Crippen LogP contribution in [-0.2, 0) is 7.05 Å². The minimum Gasteiger partial charge on any atom is -0.507 e. The van der Waals surface area contributed by atoms with Crippen molar-refractivity contribution in [3.8, 4) is 17.1 Å². The summed E-state index contributed by atoms with van der Waals surface area (Å²) < 4.78 is 3.08. The second-order valence-electron chi connectivity index (χ2n) is 4.14. The van der Waals surface area contributed by atoms with Gasteiger partial charge in [-0.15, -0.1) is 0 Å². The van der Waals surface area contributed by atoms with Crippen LogP contribution in [0.25, 0.3) is 22.4 Å². The first-order chi connectivity index (χ1) is 8.66. The van der Waals surface area contributed by atoms with Crippen molar-refractivity contribution in [2.24, 2.45) is 7.05 Å². The van der Waals surface area contributed by atoms with Gasteiger partial charge in [0.1, 0.15) is 11.6 Å². The first kappa shape index (κ1) is 11.5. The van der Waals surface area contributed by atoms with Crippen molar-refractivity contribution in [1.29, 1.82) is 0 Å². The molecule has 0 fully saturated rings. The zero-order chi connectivity index (χ0) is 12.7. The zero-order valence-electron chi connectivity index (χ0n) is 9.76. The first-order valence-electron chi connectivity index (χ1n) is 5.57. The van der Waals surface area contributed by atoms with Crippen LogP contribution in [0.15, 0.2) is 42.5 Å². The van der Waals surface area contributed by atoms with E-state index in [-0.39, 0.29) is 5.75 Å². The van der Waals surface area contributed by atoms with E-state index < -0.39 is 0 Å². The maximum atomic E-state index is 9.98. The minimum absolute atomic E-state index is 0.258. The zero-order valence-corrected chi connectivity index (χ0v) is 11.9. The Morgan fingerprint density at radius 2 is 1.94 bits per heavy atom. The molecule has 1 N–H and O–H groups in total. The number of hydrogen-bond acceptors (Lipinski definition) is 2. The summed E-state index contributed by atoms with van der Waals surface area (Å²) in [6.45, 7) is 0. The Bertz CT molecular complexity index is 734. The quantitative estimate of drug-likeness (QED) is 0.682. The number of rotatable bonds is 1. The predicted molar refractivity (Wildman–Crippen MR) is 80.5 cm³/mol. The summed E-state index contributed by atoms with van der Waals surface area (Å²) in [5.74, 6) is 1.04. The molecule has 2 aromatic carbocycles. The van der Waals surface area contributed by atoms with Gasteiger partial charge in [0.2, 0.25) is 0 Å². The van der Waals surface area contributed by atoms with E-state index in [0.29, 0.717) is 0 Å². The summed E-state index contributed by atoms with van der Waals surface area (Å²) >= 11 is 2.23. The third kappa shape index (κ3) is 1.77. The number of phenols is 1. The van der Waals surface area contributed by atoms with Crippen LogP contribution in [0, 0.1) is 3.57 Å². The molecule has 0 aliphatic rings. The summed E-state index contributed by atoms with van der Waals surface area (Å²) in [6.07, 6.45) is 0. The molecule has 0 radical (unpaired) electrons. The van der Waals surface area contributed by atoms with Crippen molar-refractivity contribution >= 4 is 33.6 Å². The van der Waals surface area contributed by atoms with E-state index in [1.54, 1.807) is 6.07 Å². The molecule has 18 heavy (non-hydrogen) atoms. The van der Waals surface area contributed by atoms with Gasteiger partial charge in [-0.25, -0.2) is 4.98 Å². The second kappa shape index (κ2) is 4.28. The Hall–Kier alpha value is -1.56. The summed E-state index contributed by atoms with van der Waals surface area (Å²) in [5.41, 5.74) is 2.76. The highest BCUT2D eigenvalue weighted by molar-refractivity contribution is 14.1. The number of imidazole rings is 1. The Labute approximate surface area is 118 Å². The second-order valence-corrected chi connectivity index (χ2v) is 5.39. The lowest BCUT2D eigenvalue weighted by Crippen LogP contribution is -1.93. The topological polar surface area (TPSA) is 38.0 Å². The van der Waals surface area contributed by atoms with E-state index >= 15 is 0 Å². The fourth-order valence-electron chi connectivity index (χ4n) is 2.07. The SMILES string of the molecule is Cn1c(-c2cc(I)ccc2O)nc2ccccc21. The molecule has 0 saturated heterocycles. The number of phenolic OH excluding ortho intramolecular Hbond substituents is 1. The summed E-state index contributed by atoms with van der Waals surface area (Å²) in [7, 11) is 1.96. The molecule has 90 valence electrons. The van der Waals surface area contributed by atoms with Gasteiger partial charge in [-0.2, -0.15) is 0 Å². The molecule has 0 amide bonds. The van der Waals surface area contributed by atoms with Gasteiger partial charge in [0.25, 0.3) is 0 Å². The Morgan fingerprint density at radius 3 is 2.72 bits per heavy atom. The smallest absolute Gasteiger partial charge is 0.144 e. The van der Waals surface area contributed by atoms with E-state index in [9.17, 15) is 5.11 Å². The van der Waals surface area contributed by atoms with Gasteiger partial charge in [-0.3, -0.25) is 0 Å². The van der Waals surface area contributed by atoms with E-state index in [1.807, 2.05) is 48.0 Å². The van der Waals surface area contributed by atoms with Crippen LogP contribution in [0.1, 0.15) is 0 Å². The maximum absolute atomic E-state index is 9.98. The molecule has 3 nitrogen and oxygen atoms in total. The maximum Gasteiger partial charge on any atom is 0.144 e. The molecule has 3 rings (SSSR count). The predicted octanol–water partition coefficient (Wildman–Crippen LogP) is 3.55. The number of aromatic hydroxyl groups is 1. The molecule has 4 heteroatoms. The van der Waals surface area contributed by atoms with Crippen LogP contribution in [0.2, 0.25) is 0 Å². The highest BCUT2D eigenvalue weighted by Gasteiger charge is 2.13. The molecule has 0 spiro atoms. The van der Waals surface area contributed by atoms with Crippen molar-refractivity contribution in [2.75, 3.05) is 0 Å². The lowest BCUT2D eigenvalue weighted by molar-refractivity contribution is 0.476. The van der Waals surface area contributed by atoms with E-state index in [4.69, 9.17) is 0 Å². The van der Waals surface area contributed by atoms with Crippen molar-refractivity contribution in [3.05, 3.63) is 46.0 Å². The normalized spacial score (nSPS) is 11.0. The van der Waals surface area contributed by atoms with Crippen LogP contribution in [0.3, 0.4) is 0 Å². The number of fused-ring (bicyclic) bond motifs is 1. The Kier molecular flexibility index (Phi) is 2.74. The van der Waals surface area contributed by atoms with Crippen molar-refractivity contribution in [1.82, 2.24) is 9.55 Å². The fourth-order valence-corrected chi connectivity index (χ4v) is 2.56. The van der Waals surface area contributed by atoms with Crippen LogP contribution in [-0.4, -0.2) is 14.7 Å². The number of hydrogen-bond donors (Lipinski definition) is 1. The van der Waals surface area contributed by atoms with Crippen LogP contribution in [0.5, 0.6) is 5.75 Å². The first-order valence-corrected chi connectivity index (χ1v) is 6.65. The Morgan fingerprint density at radius 1 is 1.17 bits per heavy atom. The van der Waals surface area contributed by atoms with Gasteiger partial charge in [0.05, 0.1) is 16.6 Å². The fraction of sp³-hybridized carbons (Fsp3) is 0.0714. The molecule has 0 atom stereocenters. The summed E-state index contributed by atoms with van der Waals surface area (Å²) in [4.78, 5) is 4.58. The summed E-state index contributed by atoms with van der Waals surface area (Å²) in [5, 5.41) is 9.98. The highest BCUT2D eigenvalue weighted by atomic mass is 127. The van der Waals surface area contributed by atoms with E-state index in [1.165, 1.54) is 0 Å². The molecule has 0 aliphatic heterocycles. The molecule has 3 aromatic rings. The molecule has 0 aliphatic carbocycles. The molecule has 1 aromatic heterocycles. The van der Waals surface area contributed by atoms with Gasteiger partial charge in [-0.05, 0) is 52.9 Å². The molecule has 0 unspecified atom stereocenters. The molecular weight excluding hydrogens is 339 g/mol. The lowest BCUT2D eigenvalue weighted by Gasteiger charge is -2.05. The van der Waals surface area contributed by atoms with Crippen LogP contribution >= 0.6 is 22.6 Å². The number of para-hydroxylation sites is 2. The van der Waals surface area contributed by atoms with Gasteiger partial charge in [0.15, 0.2) is 0 Å². The highest BCUT2D eigenvalue weighted by Crippen LogP contribution is 2.31. The van der Waals surface area contributed by atoms with Crippen LogP contribution in [0.4, 0.5) is 0 Å². The van der Waals surface area contributed by atoms with Crippen LogP contribution < -0.4 is 0 Å². The molecule has 1 heterocycles. The largest absolute Gasteiger partial charge is 0.507 e. The average Bonchev–Trinajstić information content (AvgIpc) is 2.71. The average molecular weight is 350 g/mol. The summed E-state index contributed by atoms with van der Waals surface area (Å²) in [6, 6.07) is 13.5. The standard InChI is InChI=1S/C14H11IN2O/c1-17-12-5-3-2-4-11(12)16-14(17)10-8-9(15)6-7-13(10)18/h2-8,18H,1H3. The monoisotopic (exact) mass is 350 g/mol. The van der Waals surface area contributed by atoms with Gasteiger partial charge in [0, 0.05) is 10.6 Å². The number of nitrogens with zero attached hydrogens (tertiary/aromatic N) is 2. The molecular formula is C14H11IN2O. The third-order valence-corrected chi connectivity index (χ3v) is 3.66. The van der Waals surface area contributed by atoms with Crippen molar-refractivity contribution < 1.29 is 5.11 Å². The van der Waals surface area contributed by atoms with E-state index in [2.05, 4.69) is 27.6 Å². The van der Waals surface area contributed by atoms with Gasteiger partial charge in [-0.1, -0.05) is 12.1 Å². The number of halogens is 1. The van der Waals surface area contributed by atoms with Crippen molar-refractivity contribution in [3.63, 3.8) is 0 Å². The van der Waals surface area contributed by atoms with Gasteiger partial charge >= 0.3 is 0 Å². The third-order valence-electron chi connectivity index (χ3n) is 2.99. The lowest BCUT2D eigenvalue weighted by atomic mass is 10.2. The molecule has 0 bridgehead atoms. The number of benzene rings is 2. The number of aryl methyl sites for hydroxylation is 1.